The Bertz CT molecular complexity index is 353. The number of rotatable bonds is 3. The number of methoxy groups -OCH3 is 1. The lowest BCUT2D eigenvalue weighted by Crippen LogP contribution is -2.40. The molecule has 15 heavy (non-hydrogen) atoms. The van der Waals surface area contributed by atoms with E-state index in [1.807, 2.05) is 0 Å². The highest BCUT2D eigenvalue weighted by molar-refractivity contribution is 6.33. The summed E-state index contributed by atoms with van der Waals surface area (Å²) in [5.41, 5.74) is 6.13. The summed E-state index contributed by atoms with van der Waals surface area (Å²) >= 11 is 5.99. The first kappa shape index (κ1) is 10.5. The molecule has 2 rings (SSSR count). The van der Waals surface area contributed by atoms with E-state index in [1.54, 1.807) is 19.4 Å². The first-order valence-corrected chi connectivity index (χ1v) is 5.27. The van der Waals surface area contributed by atoms with Gasteiger partial charge in [0.05, 0.1) is 23.0 Å². The molecule has 0 aromatic carbocycles. The Balaban J connectivity index is 1.94. The molecule has 4 nitrogen and oxygen atoms in total. The van der Waals surface area contributed by atoms with Gasteiger partial charge in [-0.1, -0.05) is 11.6 Å². The maximum absolute atomic E-state index is 5.99. The molecule has 0 bridgehead atoms. The largest absolute Gasteiger partial charge is 0.397 e. The average Bonchev–Trinajstić information content (AvgIpc) is 2.13. The number of nitrogens with zero attached hydrogens (tertiary/aromatic N) is 1. The Hall–Kier alpha value is -1.00. The van der Waals surface area contributed by atoms with Gasteiger partial charge in [-0.2, -0.15) is 0 Å². The number of ether oxygens (including phenoxy) is 1. The summed E-state index contributed by atoms with van der Waals surface area (Å²) in [7, 11) is 1.73. The van der Waals surface area contributed by atoms with Crippen molar-refractivity contribution in [3.63, 3.8) is 0 Å². The number of nitrogen functional groups attached to an aromatic ring is 1. The molecular formula is C10H14ClN3O. The Labute approximate surface area is 93.8 Å². The van der Waals surface area contributed by atoms with Gasteiger partial charge in [0.15, 0.2) is 0 Å². The number of hydrogen-bond acceptors (Lipinski definition) is 4. The quantitative estimate of drug-likeness (QED) is 0.828. The van der Waals surface area contributed by atoms with E-state index < -0.39 is 0 Å². The first-order valence-electron chi connectivity index (χ1n) is 4.89. The third-order valence-electron chi connectivity index (χ3n) is 2.63. The zero-order chi connectivity index (χ0) is 10.8. The third-order valence-corrected chi connectivity index (χ3v) is 2.92. The van der Waals surface area contributed by atoms with E-state index in [2.05, 4.69) is 10.3 Å². The molecule has 0 aliphatic heterocycles. The molecule has 1 saturated carbocycles. The number of aromatic nitrogens is 1. The number of anilines is 2. The van der Waals surface area contributed by atoms with Crippen LogP contribution in [-0.2, 0) is 4.74 Å². The molecule has 1 fully saturated rings. The van der Waals surface area contributed by atoms with Crippen molar-refractivity contribution in [3.05, 3.63) is 17.3 Å². The standard InChI is InChI=1S/C10H14ClN3O/c1-15-8-3-7(4-8)14-10-9(11)2-6(12)5-13-10/h2,5,7-8H,3-4,12H2,1H3,(H,13,14). The van der Waals surface area contributed by atoms with Gasteiger partial charge < -0.3 is 15.8 Å². The molecule has 0 radical (unpaired) electrons. The fourth-order valence-electron chi connectivity index (χ4n) is 1.63. The van der Waals surface area contributed by atoms with Crippen LogP contribution in [0.2, 0.25) is 5.02 Å². The van der Waals surface area contributed by atoms with Gasteiger partial charge in [0, 0.05) is 13.2 Å². The molecule has 0 unspecified atom stereocenters. The van der Waals surface area contributed by atoms with Crippen LogP contribution in [0.15, 0.2) is 12.3 Å². The minimum Gasteiger partial charge on any atom is -0.397 e. The molecule has 0 spiro atoms. The van der Waals surface area contributed by atoms with Crippen LogP contribution in [0.25, 0.3) is 0 Å². The zero-order valence-electron chi connectivity index (χ0n) is 8.53. The zero-order valence-corrected chi connectivity index (χ0v) is 9.29. The molecule has 3 N–H and O–H groups in total. The molecular weight excluding hydrogens is 214 g/mol. The summed E-state index contributed by atoms with van der Waals surface area (Å²) < 4.78 is 5.19. The maximum Gasteiger partial charge on any atom is 0.145 e. The van der Waals surface area contributed by atoms with E-state index in [-0.39, 0.29) is 0 Å². The van der Waals surface area contributed by atoms with Crippen molar-refractivity contribution in [2.45, 2.75) is 25.0 Å². The second-order valence-corrected chi connectivity index (χ2v) is 4.18. The first-order chi connectivity index (χ1) is 7.19. The monoisotopic (exact) mass is 227 g/mol. The van der Waals surface area contributed by atoms with Crippen LogP contribution in [0.5, 0.6) is 0 Å². The summed E-state index contributed by atoms with van der Waals surface area (Å²) in [5.74, 6) is 0.699. The predicted octanol–water partition coefficient (Wildman–Crippen LogP) is 1.91. The molecule has 82 valence electrons. The smallest absolute Gasteiger partial charge is 0.145 e. The number of nitrogens with two attached hydrogens (primary N) is 1. The van der Waals surface area contributed by atoms with Crippen molar-refractivity contribution in [3.8, 4) is 0 Å². The lowest BCUT2D eigenvalue weighted by molar-refractivity contribution is 0.0328. The summed E-state index contributed by atoms with van der Waals surface area (Å²) in [6.07, 6.45) is 3.97. The van der Waals surface area contributed by atoms with Gasteiger partial charge in [0.1, 0.15) is 5.82 Å². The highest BCUT2D eigenvalue weighted by Gasteiger charge is 2.29. The van der Waals surface area contributed by atoms with Crippen LogP contribution in [0, 0.1) is 0 Å². The van der Waals surface area contributed by atoms with Crippen molar-refractivity contribution < 1.29 is 4.74 Å². The lowest BCUT2D eigenvalue weighted by Gasteiger charge is -2.35. The number of halogens is 1. The van der Waals surface area contributed by atoms with E-state index in [9.17, 15) is 0 Å². The number of pyridine rings is 1. The van der Waals surface area contributed by atoms with Gasteiger partial charge in [-0.25, -0.2) is 4.98 Å². The second kappa shape index (κ2) is 4.24. The average molecular weight is 228 g/mol. The molecule has 1 aliphatic carbocycles. The number of nitrogens with one attached hydrogen (secondary N) is 1. The maximum atomic E-state index is 5.99. The van der Waals surface area contributed by atoms with E-state index in [4.69, 9.17) is 22.1 Å². The lowest BCUT2D eigenvalue weighted by atomic mass is 9.89. The van der Waals surface area contributed by atoms with Crippen molar-refractivity contribution in [1.29, 1.82) is 0 Å². The molecule has 1 aromatic rings. The summed E-state index contributed by atoms with van der Waals surface area (Å²) in [4.78, 5) is 4.14. The molecule has 1 heterocycles. The van der Waals surface area contributed by atoms with Gasteiger partial charge in [-0.3, -0.25) is 0 Å². The SMILES string of the molecule is COC1CC(Nc2ncc(N)cc2Cl)C1. The molecule has 5 heteroatoms. The van der Waals surface area contributed by atoms with Gasteiger partial charge >= 0.3 is 0 Å². The fraction of sp³-hybridized carbons (Fsp3) is 0.500. The fourth-order valence-corrected chi connectivity index (χ4v) is 1.86. The van der Waals surface area contributed by atoms with Crippen LogP contribution in [0.1, 0.15) is 12.8 Å². The van der Waals surface area contributed by atoms with Gasteiger partial charge in [0.2, 0.25) is 0 Å². The molecule has 0 saturated heterocycles. The van der Waals surface area contributed by atoms with Crippen molar-refractivity contribution in [2.75, 3.05) is 18.2 Å². The van der Waals surface area contributed by atoms with E-state index in [1.165, 1.54) is 0 Å². The molecule has 0 atom stereocenters. The number of hydrogen-bond donors (Lipinski definition) is 2. The molecule has 1 aliphatic rings. The highest BCUT2D eigenvalue weighted by Crippen LogP contribution is 2.29. The van der Waals surface area contributed by atoms with Gasteiger partial charge in [-0.05, 0) is 18.9 Å². The minimum atomic E-state index is 0.370. The second-order valence-electron chi connectivity index (χ2n) is 3.77. The van der Waals surface area contributed by atoms with Crippen LogP contribution in [-0.4, -0.2) is 24.2 Å². The Morgan fingerprint density at radius 3 is 2.93 bits per heavy atom. The Kier molecular flexibility index (Phi) is 2.98. The van der Waals surface area contributed by atoms with Gasteiger partial charge in [-0.15, -0.1) is 0 Å². The molecule has 1 aromatic heterocycles. The van der Waals surface area contributed by atoms with Crippen LogP contribution < -0.4 is 11.1 Å². The highest BCUT2D eigenvalue weighted by atomic mass is 35.5. The normalized spacial score (nSPS) is 24.7. The van der Waals surface area contributed by atoms with Crippen LogP contribution >= 0.6 is 11.6 Å². The Morgan fingerprint density at radius 2 is 2.33 bits per heavy atom. The van der Waals surface area contributed by atoms with Crippen molar-refractivity contribution in [1.82, 2.24) is 4.98 Å². The van der Waals surface area contributed by atoms with Crippen molar-refractivity contribution in [2.24, 2.45) is 0 Å². The Morgan fingerprint density at radius 1 is 1.60 bits per heavy atom. The van der Waals surface area contributed by atoms with Crippen molar-refractivity contribution >= 4 is 23.1 Å². The van der Waals surface area contributed by atoms with E-state index >= 15 is 0 Å². The predicted molar refractivity (Wildman–Crippen MR) is 61.1 cm³/mol. The summed E-state index contributed by atoms with van der Waals surface area (Å²) in [6, 6.07) is 2.10. The summed E-state index contributed by atoms with van der Waals surface area (Å²) in [6.45, 7) is 0. The van der Waals surface area contributed by atoms with Gasteiger partial charge in [0.25, 0.3) is 0 Å². The van der Waals surface area contributed by atoms with E-state index in [0.29, 0.717) is 28.7 Å². The van der Waals surface area contributed by atoms with E-state index in [0.717, 1.165) is 12.8 Å². The summed E-state index contributed by atoms with van der Waals surface area (Å²) in [5, 5.41) is 3.83. The minimum absolute atomic E-state index is 0.370. The molecule has 0 amide bonds. The van der Waals surface area contributed by atoms with Crippen LogP contribution in [0.3, 0.4) is 0 Å². The van der Waals surface area contributed by atoms with Crippen LogP contribution in [0.4, 0.5) is 11.5 Å². The topological polar surface area (TPSA) is 60.2 Å². The third kappa shape index (κ3) is 2.33.